The minimum absolute atomic E-state index is 0.188. The third kappa shape index (κ3) is 3.61. The van der Waals surface area contributed by atoms with Crippen molar-refractivity contribution < 1.29 is 14.7 Å². The van der Waals surface area contributed by atoms with Crippen LogP contribution in [0.15, 0.2) is 48.5 Å². The number of hydrogen-bond acceptors (Lipinski definition) is 3. The molecule has 0 saturated carbocycles. The van der Waals surface area contributed by atoms with Gasteiger partial charge in [-0.15, -0.1) is 0 Å². The monoisotopic (exact) mass is 303 g/mol. The number of rotatable bonds is 5. The molecule has 0 heterocycles. The lowest BCUT2D eigenvalue weighted by Crippen LogP contribution is -2.26. The molecule has 0 radical (unpaired) electrons. The average Bonchev–Trinajstić information content (AvgIpc) is 2.47. The van der Waals surface area contributed by atoms with Gasteiger partial charge in [0.15, 0.2) is 5.78 Å². The highest BCUT2D eigenvalue weighted by molar-refractivity contribution is 6.30. The average molecular weight is 304 g/mol. The summed E-state index contributed by atoms with van der Waals surface area (Å²) in [6.07, 6.45) is 0. The fourth-order valence-electron chi connectivity index (χ4n) is 1.86. The molecule has 0 saturated heterocycles. The molecular formula is C16H14ClNO3. The number of benzene rings is 2. The Kier molecular flexibility index (Phi) is 4.60. The summed E-state index contributed by atoms with van der Waals surface area (Å²) in [6.45, 7) is 1.52. The number of carboxylic acids is 1. The van der Waals surface area contributed by atoms with Crippen LogP contribution in [0.3, 0.4) is 0 Å². The van der Waals surface area contributed by atoms with Crippen LogP contribution in [0.2, 0.25) is 5.02 Å². The standard InChI is InChI=1S/C16H14ClNO3/c1-10(16(20)21)18-14-5-3-2-4-13(14)15(19)11-6-8-12(17)9-7-11/h2-10,18H,1H3,(H,20,21)/t10-/m0/s1. The number of halogens is 1. The predicted molar refractivity (Wildman–Crippen MR) is 82.0 cm³/mol. The largest absolute Gasteiger partial charge is 0.480 e. The van der Waals surface area contributed by atoms with Gasteiger partial charge < -0.3 is 10.4 Å². The van der Waals surface area contributed by atoms with E-state index in [2.05, 4.69) is 5.32 Å². The Hall–Kier alpha value is -2.33. The molecule has 0 aliphatic rings. The summed E-state index contributed by atoms with van der Waals surface area (Å²) in [6, 6.07) is 12.6. The zero-order chi connectivity index (χ0) is 15.4. The van der Waals surface area contributed by atoms with Gasteiger partial charge in [0, 0.05) is 21.8 Å². The summed E-state index contributed by atoms with van der Waals surface area (Å²) in [5.41, 5.74) is 1.41. The van der Waals surface area contributed by atoms with Gasteiger partial charge in [0.25, 0.3) is 0 Å². The lowest BCUT2D eigenvalue weighted by molar-refractivity contribution is -0.137. The third-order valence-corrected chi connectivity index (χ3v) is 3.27. The van der Waals surface area contributed by atoms with Crippen molar-refractivity contribution in [1.29, 1.82) is 0 Å². The predicted octanol–water partition coefficient (Wildman–Crippen LogP) is 3.46. The van der Waals surface area contributed by atoms with Crippen molar-refractivity contribution in [3.63, 3.8) is 0 Å². The Labute approximate surface area is 127 Å². The van der Waals surface area contributed by atoms with Gasteiger partial charge in [-0.3, -0.25) is 9.59 Å². The maximum absolute atomic E-state index is 12.5. The summed E-state index contributed by atoms with van der Waals surface area (Å²) in [5, 5.41) is 12.3. The van der Waals surface area contributed by atoms with Crippen LogP contribution in [-0.2, 0) is 4.79 Å². The minimum Gasteiger partial charge on any atom is -0.480 e. The van der Waals surface area contributed by atoms with Gasteiger partial charge in [-0.1, -0.05) is 23.7 Å². The molecule has 0 fully saturated rings. The topological polar surface area (TPSA) is 66.4 Å². The molecule has 1 atom stereocenters. The number of anilines is 1. The Morgan fingerprint density at radius 2 is 1.71 bits per heavy atom. The number of para-hydroxylation sites is 1. The van der Waals surface area contributed by atoms with E-state index in [0.29, 0.717) is 21.8 Å². The molecule has 0 aromatic heterocycles. The second-order valence-corrected chi connectivity index (χ2v) is 5.02. The normalized spacial score (nSPS) is 11.7. The SMILES string of the molecule is C[C@H](Nc1ccccc1C(=O)c1ccc(Cl)cc1)C(=O)O. The maximum atomic E-state index is 12.5. The zero-order valence-corrected chi connectivity index (χ0v) is 12.1. The number of nitrogens with one attached hydrogen (secondary N) is 1. The summed E-state index contributed by atoms with van der Waals surface area (Å²) in [7, 11) is 0. The highest BCUT2D eigenvalue weighted by Crippen LogP contribution is 2.21. The van der Waals surface area contributed by atoms with Crippen LogP contribution < -0.4 is 5.32 Å². The molecule has 2 aromatic carbocycles. The lowest BCUT2D eigenvalue weighted by atomic mass is 10.0. The first-order chi connectivity index (χ1) is 9.99. The van der Waals surface area contributed by atoms with Gasteiger partial charge >= 0.3 is 5.97 Å². The lowest BCUT2D eigenvalue weighted by Gasteiger charge is -2.14. The fraction of sp³-hybridized carbons (Fsp3) is 0.125. The first-order valence-corrected chi connectivity index (χ1v) is 6.75. The number of carbonyl (C=O) groups is 2. The Morgan fingerprint density at radius 1 is 1.10 bits per heavy atom. The molecular weight excluding hydrogens is 290 g/mol. The molecule has 2 N–H and O–H groups in total. The van der Waals surface area contributed by atoms with Crippen LogP contribution in [-0.4, -0.2) is 22.9 Å². The van der Waals surface area contributed by atoms with E-state index >= 15 is 0 Å². The summed E-state index contributed by atoms with van der Waals surface area (Å²) in [5.74, 6) is -1.17. The highest BCUT2D eigenvalue weighted by atomic mass is 35.5. The summed E-state index contributed by atoms with van der Waals surface area (Å²) in [4.78, 5) is 23.4. The zero-order valence-electron chi connectivity index (χ0n) is 11.3. The van der Waals surface area contributed by atoms with Crippen molar-refractivity contribution >= 4 is 29.0 Å². The molecule has 2 rings (SSSR count). The Bertz CT molecular complexity index is 667. The van der Waals surface area contributed by atoms with Crippen molar-refractivity contribution in [3.05, 3.63) is 64.7 Å². The number of carbonyl (C=O) groups excluding carboxylic acids is 1. The molecule has 0 bridgehead atoms. The van der Waals surface area contributed by atoms with Crippen LogP contribution in [0.1, 0.15) is 22.8 Å². The molecule has 5 heteroatoms. The first kappa shape index (κ1) is 15.1. The molecule has 2 aromatic rings. The van der Waals surface area contributed by atoms with Crippen LogP contribution >= 0.6 is 11.6 Å². The molecule has 0 unspecified atom stereocenters. The van der Waals surface area contributed by atoms with E-state index in [9.17, 15) is 9.59 Å². The quantitative estimate of drug-likeness (QED) is 0.830. The van der Waals surface area contributed by atoms with Crippen molar-refractivity contribution in [2.24, 2.45) is 0 Å². The van der Waals surface area contributed by atoms with E-state index in [-0.39, 0.29) is 5.78 Å². The molecule has 0 spiro atoms. The highest BCUT2D eigenvalue weighted by Gasteiger charge is 2.17. The smallest absolute Gasteiger partial charge is 0.325 e. The van der Waals surface area contributed by atoms with Gasteiger partial charge in [0.2, 0.25) is 0 Å². The number of hydrogen-bond donors (Lipinski definition) is 2. The maximum Gasteiger partial charge on any atom is 0.325 e. The van der Waals surface area contributed by atoms with Gasteiger partial charge in [0.05, 0.1) is 0 Å². The second kappa shape index (κ2) is 6.41. The van der Waals surface area contributed by atoms with E-state index in [1.54, 1.807) is 48.5 Å². The van der Waals surface area contributed by atoms with Crippen LogP contribution in [0.4, 0.5) is 5.69 Å². The Balaban J connectivity index is 2.33. The van der Waals surface area contributed by atoms with E-state index in [1.807, 2.05) is 0 Å². The fourth-order valence-corrected chi connectivity index (χ4v) is 1.98. The molecule has 4 nitrogen and oxygen atoms in total. The van der Waals surface area contributed by atoms with Gasteiger partial charge in [-0.25, -0.2) is 0 Å². The van der Waals surface area contributed by atoms with Gasteiger partial charge in [0.1, 0.15) is 6.04 Å². The van der Waals surface area contributed by atoms with Gasteiger partial charge in [-0.2, -0.15) is 0 Å². The number of ketones is 1. The van der Waals surface area contributed by atoms with Crippen LogP contribution in [0.5, 0.6) is 0 Å². The van der Waals surface area contributed by atoms with E-state index in [4.69, 9.17) is 16.7 Å². The van der Waals surface area contributed by atoms with Crippen molar-refractivity contribution in [2.75, 3.05) is 5.32 Å². The van der Waals surface area contributed by atoms with Crippen LogP contribution in [0.25, 0.3) is 0 Å². The molecule has 0 aliphatic heterocycles. The summed E-state index contributed by atoms with van der Waals surface area (Å²) >= 11 is 5.81. The van der Waals surface area contributed by atoms with Gasteiger partial charge in [-0.05, 0) is 43.3 Å². The van der Waals surface area contributed by atoms with Crippen molar-refractivity contribution in [1.82, 2.24) is 0 Å². The number of carboxylic acid groups (broad SMARTS) is 1. The van der Waals surface area contributed by atoms with E-state index < -0.39 is 12.0 Å². The van der Waals surface area contributed by atoms with Crippen LogP contribution in [0, 0.1) is 0 Å². The van der Waals surface area contributed by atoms with Crippen molar-refractivity contribution in [2.45, 2.75) is 13.0 Å². The van der Waals surface area contributed by atoms with E-state index in [1.165, 1.54) is 6.92 Å². The second-order valence-electron chi connectivity index (χ2n) is 4.59. The van der Waals surface area contributed by atoms with E-state index in [0.717, 1.165) is 0 Å². The minimum atomic E-state index is -0.983. The van der Waals surface area contributed by atoms with Crippen molar-refractivity contribution in [3.8, 4) is 0 Å². The summed E-state index contributed by atoms with van der Waals surface area (Å²) < 4.78 is 0. The molecule has 21 heavy (non-hydrogen) atoms. The molecule has 0 aliphatic carbocycles. The number of aliphatic carboxylic acids is 1. The first-order valence-electron chi connectivity index (χ1n) is 6.37. The molecule has 108 valence electrons. The third-order valence-electron chi connectivity index (χ3n) is 3.02. The molecule has 0 amide bonds. The Morgan fingerprint density at radius 3 is 2.33 bits per heavy atom.